The fourth-order valence-corrected chi connectivity index (χ4v) is 2.31. The molecule has 0 saturated heterocycles. The highest BCUT2D eigenvalue weighted by Crippen LogP contribution is 2.19. The standard InChI is InChI=1S/C18H18FN3O5/c19-15-6-4-12(9-16(15)22(26)27)5-7-17(24)21-11-18(25)20-10-13-2-1-3-14(23)8-13/h1-4,6,8-9,23H,5,7,10-11H2,(H,20,25)(H,21,24). The topological polar surface area (TPSA) is 122 Å². The van der Waals surface area contributed by atoms with Crippen molar-refractivity contribution in [3.05, 3.63) is 69.5 Å². The van der Waals surface area contributed by atoms with Crippen molar-refractivity contribution in [2.75, 3.05) is 6.54 Å². The highest BCUT2D eigenvalue weighted by Gasteiger charge is 2.15. The highest BCUT2D eigenvalue weighted by molar-refractivity contribution is 5.84. The highest BCUT2D eigenvalue weighted by atomic mass is 19.1. The fraction of sp³-hybridized carbons (Fsp3) is 0.222. The second kappa shape index (κ2) is 9.27. The predicted octanol–water partition coefficient (Wildman–Crippen LogP) is 1.80. The van der Waals surface area contributed by atoms with E-state index in [0.717, 1.165) is 12.1 Å². The summed E-state index contributed by atoms with van der Waals surface area (Å²) in [6, 6.07) is 9.86. The molecule has 0 bridgehead atoms. The van der Waals surface area contributed by atoms with Crippen molar-refractivity contribution in [1.29, 1.82) is 0 Å². The SMILES string of the molecule is O=C(CCc1ccc(F)c([N+](=O)[O-])c1)NCC(=O)NCc1cccc(O)c1. The summed E-state index contributed by atoms with van der Waals surface area (Å²) in [4.78, 5) is 33.4. The Balaban J connectivity index is 1.73. The lowest BCUT2D eigenvalue weighted by Gasteiger charge is -2.07. The van der Waals surface area contributed by atoms with Crippen LogP contribution in [0.15, 0.2) is 42.5 Å². The Morgan fingerprint density at radius 2 is 1.85 bits per heavy atom. The lowest BCUT2D eigenvalue weighted by molar-refractivity contribution is -0.387. The van der Waals surface area contributed by atoms with Gasteiger partial charge in [-0.05, 0) is 35.7 Å². The van der Waals surface area contributed by atoms with Gasteiger partial charge < -0.3 is 15.7 Å². The summed E-state index contributed by atoms with van der Waals surface area (Å²) in [7, 11) is 0. The van der Waals surface area contributed by atoms with Gasteiger partial charge in [-0.15, -0.1) is 0 Å². The van der Waals surface area contributed by atoms with E-state index in [1.54, 1.807) is 12.1 Å². The number of aromatic hydroxyl groups is 1. The fourth-order valence-electron chi connectivity index (χ4n) is 2.31. The van der Waals surface area contributed by atoms with Gasteiger partial charge in [0.05, 0.1) is 11.5 Å². The van der Waals surface area contributed by atoms with Crippen LogP contribution in [-0.2, 0) is 22.6 Å². The Morgan fingerprint density at radius 1 is 1.07 bits per heavy atom. The van der Waals surface area contributed by atoms with Gasteiger partial charge in [-0.25, -0.2) is 0 Å². The zero-order valence-electron chi connectivity index (χ0n) is 14.3. The van der Waals surface area contributed by atoms with Crippen molar-refractivity contribution in [2.24, 2.45) is 0 Å². The predicted molar refractivity (Wildman–Crippen MR) is 94.3 cm³/mol. The first-order valence-corrected chi connectivity index (χ1v) is 8.09. The van der Waals surface area contributed by atoms with Crippen LogP contribution in [0.5, 0.6) is 5.75 Å². The van der Waals surface area contributed by atoms with E-state index in [1.807, 2.05) is 0 Å². The van der Waals surface area contributed by atoms with Gasteiger partial charge in [0.15, 0.2) is 0 Å². The maximum atomic E-state index is 13.3. The van der Waals surface area contributed by atoms with E-state index in [4.69, 9.17) is 0 Å². The molecule has 0 fully saturated rings. The Hall–Kier alpha value is -3.49. The number of nitrogens with zero attached hydrogens (tertiary/aromatic N) is 1. The molecule has 9 heteroatoms. The first-order chi connectivity index (χ1) is 12.8. The molecule has 0 aliphatic rings. The average Bonchev–Trinajstić information content (AvgIpc) is 2.63. The summed E-state index contributed by atoms with van der Waals surface area (Å²) < 4.78 is 13.3. The summed E-state index contributed by atoms with van der Waals surface area (Å²) in [5, 5.41) is 25.1. The summed E-state index contributed by atoms with van der Waals surface area (Å²) >= 11 is 0. The van der Waals surface area contributed by atoms with Crippen LogP contribution in [0, 0.1) is 15.9 Å². The van der Waals surface area contributed by atoms with Crippen molar-refractivity contribution < 1.29 is 24.0 Å². The number of phenolic OH excluding ortho intramolecular Hbond substituents is 1. The van der Waals surface area contributed by atoms with E-state index >= 15 is 0 Å². The molecule has 0 saturated carbocycles. The molecule has 0 aromatic heterocycles. The third-order valence-corrected chi connectivity index (χ3v) is 3.69. The molecule has 0 spiro atoms. The summed E-state index contributed by atoms with van der Waals surface area (Å²) in [6.07, 6.45) is 0.181. The number of aryl methyl sites for hydroxylation is 1. The number of phenols is 1. The lowest BCUT2D eigenvalue weighted by Crippen LogP contribution is -2.36. The second-order valence-electron chi connectivity index (χ2n) is 5.77. The molecule has 3 N–H and O–H groups in total. The number of hydrogen-bond donors (Lipinski definition) is 3. The molecule has 8 nitrogen and oxygen atoms in total. The smallest absolute Gasteiger partial charge is 0.305 e. The van der Waals surface area contributed by atoms with E-state index < -0.39 is 28.2 Å². The van der Waals surface area contributed by atoms with E-state index in [-0.39, 0.29) is 31.7 Å². The van der Waals surface area contributed by atoms with Crippen LogP contribution in [0.3, 0.4) is 0 Å². The number of nitrogens with one attached hydrogen (secondary N) is 2. The van der Waals surface area contributed by atoms with Crippen LogP contribution in [0.1, 0.15) is 17.5 Å². The number of nitro benzene ring substituents is 1. The number of carbonyl (C=O) groups excluding carboxylic acids is 2. The van der Waals surface area contributed by atoms with Gasteiger partial charge in [0.25, 0.3) is 0 Å². The van der Waals surface area contributed by atoms with Crippen LogP contribution in [0.2, 0.25) is 0 Å². The molecule has 0 unspecified atom stereocenters. The summed E-state index contributed by atoms with van der Waals surface area (Å²) in [5.74, 6) is -1.65. The van der Waals surface area contributed by atoms with Gasteiger partial charge in [0.2, 0.25) is 17.6 Å². The molecule has 142 valence electrons. The van der Waals surface area contributed by atoms with Crippen molar-refractivity contribution in [2.45, 2.75) is 19.4 Å². The van der Waals surface area contributed by atoms with Crippen molar-refractivity contribution >= 4 is 17.5 Å². The van der Waals surface area contributed by atoms with Crippen molar-refractivity contribution in [3.63, 3.8) is 0 Å². The molecule has 0 atom stereocenters. The van der Waals surface area contributed by atoms with Gasteiger partial charge in [-0.1, -0.05) is 18.2 Å². The van der Waals surface area contributed by atoms with Crippen molar-refractivity contribution in [1.82, 2.24) is 10.6 Å². The molecular weight excluding hydrogens is 357 g/mol. The number of rotatable bonds is 8. The molecule has 2 rings (SSSR count). The number of carbonyl (C=O) groups is 2. The number of halogens is 1. The van der Waals surface area contributed by atoms with Crippen LogP contribution < -0.4 is 10.6 Å². The first kappa shape index (κ1) is 19.8. The van der Waals surface area contributed by atoms with E-state index in [9.17, 15) is 29.2 Å². The van der Waals surface area contributed by atoms with Crippen LogP contribution in [0.25, 0.3) is 0 Å². The minimum atomic E-state index is -0.934. The van der Waals surface area contributed by atoms with Gasteiger partial charge in [-0.2, -0.15) is 4.39 Å². The first-order valence-electron chi connectivity index (χ1n) is 8.09. The molecule has 27 heavy (non-hydrogen) atoms. The molecule has 0 aliphatic carbocycles. The Labute approximate surface area is 154 Å². The third kappa shape index (κ3) is 6.38. The molecule has 2 aromatic rings. The molecular formula is C18H18FN3O5. The Kier molecular flexibility index (Phi) is 6.81. The number of benzene rings is 2. The van der Waals surface area contributed by atoms with E-state index in [0.29, 0.717) is 11.1 Å². The zero-order chi connectivity index (χ0) is 19.8. The summed E-state index contributed by atoms with van der Waals surface area (Å²) in [5.41, 5.74) is 0.526. The maximum Gasteiger partial charge on any atom is 0.305 e. The minimum Gasteiger partial charge on any atom is -0.508 e. The molecule has 0 radical (unpaired) electrons. The largest absolute Gasteiger partial charge is 0.508 e. The Morgan fingerprint density at radius 3 is 2.56 bits per heavy atom. The average molecular weight is 375 g/mol. The maximum absolute atomic E-state index is 13.3. The number of amides is 2. The second-order valence-corrected chi connectivity index (χ2v) is 5.77. The number of hydrogen-bond acceptors (Lipinski definition) is 5. The molecule has 0 aliphatic heterocycles. The van der Waals surface area contributed by atoms with Gasteiger partial charge in [0.1, 0.15) is 5.75 Å². The van der Waals surface area contributed by atoms with Crippen LogP contribution in [0.4, 0.5) is 10.1 Å². The molecule has 2 amide bonds. The molecule has 0 heterocycles. The van der Waals surface area contributed by atoms with Crippen LogP contribution in [-0.4, -0.2) is 28.4 Å². The quantitative estimate of drug-likeness (QED) is 0.480. The normalized spacial score (nSPS) is 10.3. The monoisotopic (exact) mass is 375 g/mol. The van der Waals surface area contributed by atoms with E-state index in [1.165, 1.54) is 18.2 Å². The van der Waals surface area contributed by atoms with Gasteiger partial charge in [0, 0.05) is 19.0 Å². The third-order valence-electron chi connectivity index (χ3n) is 3.69. The number of nitro groups is 1. The van der Waals surface area contributed by atoms with Crippen molar-refractivity contribution in [3.8, 4) is 5.75 Å². The minimum absolute atomic E-state index is 0.00260. The Bertz CT molecular complexity index is 857. The van der Waals surface area contributed by atoms with Gasteiger partial charge in [-0.3, -0.25) is 19.7 Å². The van der Waals surface area contributed by atoms with Crippen LogP contribution >= 0.6 is 0 Å². The zero-order valence-corrected chi connectivity index (χ0v) is 14.3. The summed E-state index contributed by atoms with van der Waals surface area (Å²) in [6.45, 7) is -0.0104. The molecule has 2 aromatic carbocycles. The van der Waals surface area contributed by atoms with Gasteiger partial charge >= 0.3 is 5.69 Å². The van der Waals surface area contributed by atoms with E-state index in [2.05, 4.69) is 10.6 Å². The lowest BCUT2D eigenvalue weighted by atomic mass is 10.1.